The lowest BCUT2D eigenvalue weighted by molar-refractivity contribution is 0.0404. The Morgan fingerprint density at radius 1 is 1.43 bits per heavy atom. The Labute approximate surface area is 172 Å². The Morgan fingerprint density at radius 3 is 3.03 bits per heavy atom. The van der Waals surface area contributed by atoms with E-state index in [4.69, 9.17) is 15.2 Å². The summed E-state index contributed by atoms with van der Waals surface area (Å²) in [5.41, 5.74) is 7.24. The minimum absolute atomic E-state index is 0.229. The van der Waals surface area contributed by atoms with Gasteiger partial charge in [-0.1, -0.05) is 12.6 Å². The monoisotopic (exact) mass is 410 g/mol. The van der Waals surface area contributed by atoms with Gasteiger partial charge < -0.3 is 30.4 Å². The number of carbonyl (C=O) groups is 2. The fourth-order valence-electron chi connectivity index (χ4n) is 3.53. The molecule has 0 spiro atoms. The van der Waals surface area contributed by atoms with Crippen LogP contribution in [0.15, 0.2) is 36.9 Å². The van der Waals surface area contributed by atoms with Crippen molar-refractivity contribution in [2.45, 2.75) is 13.0 Å². The molecule has 1 saturated heterocycles. The zero-order valence-electron chi connectivity index (χ0n) is 16.5. The Balaban J connectivity index is 1.59. The van der Waals surface area contributed by atoms with Gasteiger partial charge >= 0.3 is 6.09 Å². The van der Waals surface area contributed by atoms with Crippen molar-refractivity contribution < 1.29 is 19.1 Å². The summed E-state index contributed by atoms with van der Waals surface area (Å²) in [6, 6.07) is 5.24. The van der Waals surface area contributed by atoms with E-state index in [1.807, 2.05) is 6.07 Å². The highest BCUT2D eigenvalue weighted by atomic mass is 16.6. The van der Waals surface area contributed by atoms with Crippen molar-refractivity contribution in [2.75, 3.05) is 31.1 Å². The van der Waals surface area contributed by atoms with Gasteiger partial charge in [-0.3, -0.25) is 4.79 Å². The predicted molar refractivity (Wildman–Crippen MR) is 111 cm³/mol. The number of hydrogen-bond donors (Lipinski definition) is 3. The quantitative estimate of drug-likeness (QED) is 0.545. The number of ether oxygens (including phenoxy) is 2. The van der Waals surface area contributed by atoms with Crippen molar-refractivity contribution in [1.29, 1.82) is 0 Å². The van der Waals surface area contributed by atoms with Crippen LogP contribution in [0.3, 0.4) is 0 Å². The number of nitrogens with one attached hydrogen (secondary N) is 2. The molecule has 3 heterocycles. The van der Waals surface area contributed by atoms with Crippen LogP contribution in [0.5, 0.6) is 0 Å². The van der Waals surface area contributed by atoms with E-state index in [0.717, 1.165) is 22.1 Å². The third-order valence-corrected chi connectivity index (χ3v) is 4.83. The number of rotatable bonds is 5. The van der Waals surface area contributed by atoms with E-state index in [2.05, 4.69) is 31.7 Å². The number of aromatic amines is 1. The molecule has 1 atom stereocenters. The number of aromatic nitrogens is 3. The number of primary amides is 1. The third-order valence-electron chi connectivity index (χ3n) is 4.83. The maximum atomic E-state index is 11.7. The smallest absolute Gasteiger partial charge is 0.412 e. The lowest BCUT2D eigenvalue weighted by Gasteiger charge is -2.34. The average Bonchev–Trinajstić information content (AvgIpc) is 3.10. The second kappa shape index (κ2) is 7.99. The second-order valence-corrected chi connectivity index (χ2v) is 7.08. The average molecular weight is 410 g/mol. The number of fused-ring (bicyclic) bond motifs is 3. The number of carbonyl (C=O) groups excluding carboxylic acids is 2. The Bertz CT molecular complexity index is 1140. The lowest BCUT2D eigenvalue weighted by atomic mass is 10.1. The molecule has 0 aliphatic carbocycles. The lowest BCUT2D eigenvalue weighted by Crippen LogP contribution is -2.48. The van der Waals surface area contributed by atoms with E-state index in [0.29, 0.717) is 43.2 Å². The normalized spacial score (nSPS) is 16.6. The number of alkyl carbamates (subject to hydrolysis) is 1. The molecule has 1 aliphatic rings. The number of morpholine rings is 1. The van der Waals surface area contributed by atoms with Crippen LogP contribution in [-0.2, 0) is 9.47 Å². The van der Waals surface area contributed by atoms with Crippen LogP contribution in [0.25, 0.3) is 21.9 Å². The first-order chi connectivity index (χ1) is 14.4. The molecule has 30 heavy (non-hydrogen) atoms. The summed E-state index contributed by atoms with van der Waals surface area (Å²) >= 11 is 0. The van der Waals surface area contributed by atoms with E-state index in [1.165, 1.54) is 6.33 Å². The van der Waals surface area contributed by atoms with E-state index in [-0.39, 0.29) is 6.10 Å². The number of allylic oxidation sites excluding steroid dienone is 1. The summed E-state index contributed by atoms with van der Waals surface area (Å²) in [4.78, 5) is 37.3. The van der Waals surface area contributed by atoms with E-state index >= 15 is 0 Å². The van der Waals surface area contributed by atoms with Gasteiger partial charge in [0.1, 0.15) is 17.8 Å². The fourth-order valence-corrected chi connectivity index (χ4v) is 3.53. The van der Waals surface area contributed by atoms with E-state index in [9.17, 15) is 9.59 Å². The van der Waals surface area contributed by atoms with E-state index in [1.54, 1.807) is 19.1 Å². The maximum Gasteiger partial charge on any atom is 0.412 e. The Kier molecular flexibility index (Phi) is 5.23. The summed E-state index contributed by atoms with van der Waals surface area (Å²) in [6.45, 7) is 7.11. The molecule has 0 radical (unpaired) electrons. The largest absolute Gasteiger partial charge is 0.416 e. The number of hydrogen-bond acceptors (Lipinski definition) is 7. The number of benzene rings is 1. The first-order valence-electron chi connectivity index (χ1n) is 9.46. The van der Waals surface area contributed by atoms with Gasteiger partial charge in [-0.25, -0.2) is 14.8 Å². The topological polar surface area (TPSA) is 135 Å². The molecule has 2 amide bonds. The minimum Gasteiger partial charge on any atom is -0.416 e. The van der Waals surface area contributed by atoms with Crippen molar-refractivity contribution in [3.8, 4) is 0 Å². The van der Waals surface area contributed by atoms with Gasteiger partial charge in [0.2, 0.25) is 5.91 Å². The first-order valence-corrected chi connectivity index (χ1v) is 9.46. The predicted octanol–water partition coefficient (Wildman–Crippen LogP) is 1.67. The van der Waals surface area contributed by atoms with Crippen LogP contribution in [-0.4, -0.2) is 59.3 Å². The van der Waals surface area contributed by atoms with Crippen LogP contribution in [0, 0.1) is 0 Å². The molecule has 1 unspecified atom stereocenters. The molecule has 10 heteroatoms. The van der Waals surface area contributed by atoms with Crippen molar-refractivity contribution in [2.24, 2.45) is 5.73 Å². The molecule has 10 nitrogen and oxygen atoms in total. The molecular formula is C20H22N6O4. The molecule has 0 bridgehead atoms. The Morgan fingerprint density at radius 2 is 2.27 bits per heavy atom. The van der Waals surface area contributed by atoms with Crippen LogP contribution >= 0.6 is 0 Å². The molecule has 1 fully saturated rings. The number of nitrogens with two attached hydrogens (primary N) is 1. The molecule has 1 aromatic carbocycles. The maximum absolute atomic E-state index is 11.7. The van der Waals surface area contributed by atoms with Gasteiger partial charge in [0.05, 0.1) is 23.9 Å². The van der Waals surface area contributed by atoms with Crippen LogP contribution in [0.4, 0.5) is 10.6 Å². The highest BCUT2D eigenvalue weighted by Gasteiger charge is 2.25. The van der Waals surface area contributed by atoms with Crippen molar-refractivity contribution >= 4 is 39.8 Å². The molecule has 0 saturated carbocycles. The highest BCUT2D eigenvalue weighted by Crippen LogP contribution is 2.32. The van der Waals surface area contributed by atoms with Gasteiger partial charge in [-0.05, 0) is 19.1 Å². The molecule has 3 aromatic rings. The van der Waals surface area contributed by atoms with Gasteiger partial charge in [0.25, 0.3) is 0 Å². The minimum atomic E-state index is -0.561. The number of anilines is 1. The first kappa shape index (κ1) is 19.6. The second-order valence-electron chi connectivity index (χ2n) is 7.08. The molecule has 4 N–H and O–H groups in total. The van der Waals surface area contributed by atoms with Crippen LogP contribution in [0.1, 0.15) is 17.3 Å². The summed E-state index contributed by atoms with van der Waals surface area (Å²) in [6.07, 6.45) is 0.706. The molecule has 4 rings (SSSR count). The zero-order chi connectivity index (χ0) is 21.3. The summed E-state index contributed by atoms with van der Waals surface area (Å²) in [5.74, 6) is 0.590. The highest BCUT2D eigenvalue weighted by molar-refractivity contribution is 6.12. The van der Waals surface area contributed by atoms with E-state index < -0.39 is 12.0 Å². The molecule has 2 aromatic heterocycles. The van der Waals surface area contributed by atoms with Gasteiger partial charge in [0.15, 0.2) is 0 Å². The van der Waals surface area contributed by atoms with Gasteiger partial charge in [0, 0.05) is 36.1 Å². The summed E-state index contributed by atoms with van der Waals surface area (Å²) in [7, 11) is 0. The van der Waals surface area contributed by atoms with Gasteiger partial charge in [-0.2, -0.15) is 0 Å². The number of H-pyrrole nitrogens is 1. The summed E-state index contributed by atoms with van der Waals surface area (Å²) < 4.78 is 10.7. The van der Waals surface area contributed by atoms with Crippen molar-refractivity contribution in [3.05, 3.63) is 42.4 Å². The Hall–Kier alpha value is -3.66. The standard InChI is InChI=1S/C20H22N6O4/c1-11(2)30-20(28)22-8-13-9-26(5-6-29-13)19-16-14-4-3-12(17(21)27)7-15(14)25-18(16)23-10-24-19/h3-4,7,10,13H,1,5-6,8-9H2,2H3,(H2,21,27)(H,22,28)(H,23,24,25). The van der Waals surface area contributed by atoms with Crippen LogP contribution in [0.2, 0.25) is 0 Å². The number of nitrogens with zero attached hydrogens (tertiary/aromatic N) is 3. The SMILES string of the molecule is C=C(C)OC(=O)NCC1CN(c2ncnc3[nH]c4cc(C(N)=O)ccc4c23)CCO1. The zero-order valence-corrected chi connectivity index (χ0v) is 16.5. The van der Waals surface area contributed by atoms with Crippen molar-refractivity contribution in [3.63, 3.8) is 0 Å². The molecule has 1 aliphatic heterocycles. The number of amides is 2. The van der Waals surface area contributed by atoms with Crippen LogP contribution < -0.4 is 16.0 Å². The third kappa shape index (κ3) is 3.90. The van der Waals surface area contributed by atoms with Gasteiger partial charge in [-0.15, -0.1) is 0 Å². The van der Waals surface area contributed by atoms with Crippen molar-refractivity contribution in [1.82, 2.24) is 20.3 Å². The fraction of sp³-hybridized carbons (Fsp3) is 0.300. The molecular weight excluding hydrogens is 388 g/mol. The summed E-state index contributed by atoms with van der Waals surface area (Å²) in [5, 5.41) is 4.44. The molecule has 156 valence electrons.